The maximum atomic E-state index is 13.2. The van der Waals surface area contributed by atoms with Gasteiger partial charge in [-0.05, 0) is 49.1 Å². The highest BCUT2D eigenvalue weighted by molar-refractivity contribution is 5.98. The first-order valence-corrected chi connectivity index (χ1v) is 11.6. The fourth-order valence-electron chi connectivity index (χ4n) is 4.81. The van der Waals surface area contributed by atoms with Gasteiger partial charge < -0.3 is 19.7 Å². The summed E-state index contributed by atoms with van der Waals surface area (Å²) in [7, 11) is 1.60. The van der Waals surface area contributed by atoms with Crippen LogP contribution < -0.4 is 14.8 Å². The van der Waals surface area contributed by atoms with Gasteiger partial charge in [0.15, 0.2) is 11.5 Å². The number of fused-ring (bicyclic) bond motifs is 1. The van der Waals surface area contributed by atoms with E-state index in [1.165, 1.54) is 6.42 Å². The molecular formula is C26H32N2O4. The number of methoxy groups -OCH3 is 1. The molecule has 1 aliphatic heterocycles. The summed E-state index contributed by atoms with van der Waals surface area (Å²) in [6.45, 7) is 2.95. The molecule has 0 saturated heterocycles. The van der Waals surface area contributed by atoms with Crippen LogP contribution in [0.1, 0.15) is 73.0 Å². The van der Waals surface area contributed by atoms with Gasteiger partial charge in [-0.1, -0.05) is 43.5 Å². The molecule has 1 saturated carbocycles. The summed E-state index contributed by atoms with van der Waals surface area (Å²) < 4.78 is 11.2. The standard InChI is InChI=1S/C26H32N2O4/c1-3-32-23-14-13-18(15-24(23)31-2)22(16-25(29)27-20-10-5-4-6-11-20)28-17-19-9-7-8-12-21(19)26(28)30/h7-9,12-15,20,22H,3-6,10-11,16-17H2,1-2H3,(H,27,29)/t22-/m0/s1. The Balaban J connectivity index is 1.61. The van der Waals surface area contributed by atoms with Gasteiger partial charge in [-0.15, -0.1) is 0 Å². The van der Waals surface area contributed by atoms with E-state index in [0.717, 1.165) is 36.8 Å². The Morgan fingerprint density at radius 2 is 1.91 bits per heavy atom. The Morgan fingerprint density at radius 1 is 1.12 bits per heavy atom. The molecule has 1 N–H and O–H groups in total. The summed E-state index contributed by atoms with van der Waals surface area (Å²) >= 11 is 0. The molecule has 0 bridgehead atoms. The average Bonchev–Trinajstić information content (AvgIpc) is 3.15. The molecule has 6 heteroatoms. The molecule has 2 aromatic carbocycles. The van der Waals surface area contributed by atoms with Gasteiger partial charge in [0.05, 0.1) is 26.2 Å². The summed E-state index contributed by atoms with van der Waals surface area (Å²) in [6.07, 6.45) is 5.83. The molecule has 0 unspecified atom stereocenters. The van der Waals surface area contributed by atoms with Crippen LogP contribution in [0.4, 0.5) is 0 Å². The summed E-state index contributed by atoms with van der Waals surface area (Å²) in [5, 5.41) is 3.21. The van der Waals surface area contributed by atoms with Crippen molar-refractivity contribution in [3.8, 4) is 11.5 Å². The van der Waals surface area contributed by atoms with Gasteiger partial charge in [0.25, 0.3) is 5.91 Å². The van der Waals surface area contributed by atoms with Crippen molar-refractivity contribution in [1.29, 1.82) is 0 Å². The highest BCUT2D eigenvalue weighted by Gasteiger charge is 2.35. The van der Waals surface area contributed by atoms with Crippen LogP contribution >= 0.6 is 0 Å². The molecule has 0 radical (unpaired) electrons. The lowest BCUT2D eigenvalue weighted by atomic mass is 9.95. The largest absolute Gasteiger partial charge is 0.493 e. The molecule has 1 aliphatic carbocycles. The van der Waals surface area contributed by atoms with Crippen molar-refractivity contribution in [2.24, 2.45) is 0 Å². The number of ether oxygens (including phenoxy) is 2. The lowest BCUT2D eigenvalue weighted by Gasteiger charge is -2.30. The maximum Gasteiger partial charge on any atom is 0.255 e. The second-order valence-electron chi connectivity index (χ2n) is 8.56. The second kappa shape index (κ2) is 10.1. The van der Waals surface area contributed by atoms with Crippen molar-refractivity contribution >= 4 is 11.8 Å². The Morgan fingerprint density at radius 3 is 2.62 bits per heavy atom. The molecule has 2 aromatic rings. The zero-order chi connectivity index (χ0) is 22.5. The third-order valence-electron chi connectivity index (χ3n) is 6.45. The number of benzene rings is 2. The lowest BCUT2D eigenvalue weighted by molar-refractivity contribution is -0.123. The van der Waals surface area contributed by atoms with Gasteiger partial charge in [0.2, 0.25) is 5.91 Å². The normalized spacial score (nSPS) is 17.1. The first kappa shape index (κ1) is 22.2. The SMILES string of the molecule is CCOc1ccc([C@H](CC(=O)NC2CCCCC2)N2Cc3ccccc3C2=O)cc1OC. The minimum atomic E-state index is -0.386. The van der Waals surface area contributed by atoms with Gasteiger partial charge in [0, 0.05) is 18.2 Å². The molecule has 170 valence electrons. The third kappa shape index (κ3) is 4.74. The quantitative estimate of drug-likeness (QED) is 0.655. The zero-order valence-corrected chi connectivity index (χ0v) is 18.9. The lowest BCUT2D eigenvalue weighted by Crippen LogP contribution is -2.39. The van der Waals surface area contributed by atoms with Crippen LogP contribution in [0.5, 0.6) is 11.5 Å². The van der Waals surface area contributed by atoms with E-state index < -0.39 is 0 Å². The number of carbonyl (C=O) groups excluding carboxylic acids is 2. The fourth-order valence-corrected chi connectivity index (χ4v) is 4.81. The fraction of sp³-hybridized carbons (Fsp3) is 0.462. The van der Waals surface area contributed by atoms with Crippen molar-refractivity contribution in [3.63, 3.8) is 0 Å². The van der Waals surface area contributed by atoms with Crippen LogP contribution in [0.25, 0.3) is 0 Å². The summed E-state index contributed by atoms with van der Waals surface area (Å²) in [6, 6.07) is 13.2. The van der Waals surface area contributed by atoms with E-state index in [4.69, 9.17) is 9.47 Å². The van der Waals surface area contributed by atoms with Gasteiger partial charge >= 0.3 is 0 Å². The van der Waals surface area contributed by atoms with Crippen LogP contribution in [-0.4, -0.2) is 36.5 Å². The minimum absolute atomic E-state index is 0.0153. The van der Waals surface area contributed by atoms with E-state index in [1.807, 2.05) is 49.4 Å². The number of hydrogen-bond acceptors (Lipinski definition) is 4. The summed E-state index contributed by atoms with van der Waals surface area (Å²) in [4.78, 5) is 28.1. The highest BCUT2D eigenvalue weighted by Crippen LogP contribution is 2.37. The molecule has 1 fully saturated rings. The monoisotopic (exact) mass is 436 g/mol. The molecule has 0 spiro atoms. The predicted octanol–water partition coefficient (Wildman–Crippen LogP) is 4.63. The molecule has 2 aliphatic rings. The van der Waals surface area contributed by atoms with Crippen LogP contribution in [0.3, 0.4) is 0 Å². The average molecular weight is 437 g/mol. The summed E-state index contributed by atoms with van der Waals surface area (Å²) in [5.74, 6) is 1.20. The minimum Gasteiger partial charge on any atom is -0.493 e. The van der Waals surface area contributed by atoms with Gasteiger partial charge in [-0.25, -0.2) is 0 Å². The second-order valence-corrected chi connectivity index (χ2v) is 8.56. The maximum absolute atomic E-state index is 13.2. The molecule has 1 heterocycles. The Kier molecular flexibility index (Phi) is 6.98. The number of carbonyl (C=O) groups is 2. The predicted molar refractivity (Wildman–Crippen MR) is 123 cm³/mol. The molecule has 4 rings (SSSR count). The summed E-state index contributed by atoms with van der Waals surface area (Å²) in [5.41, 5.74) is 2.57. The van der Waals surface area contributed by atoms with Gasteiger partial charge in [-0.2, -0.15) is 0 Å². The third-order valence-corrected chi connectivity index (χ3v) is 6.45. The van der Waals surface area contributed by atoms with Crippen LogP contribution in [-0.2, 0) is 11.3 Å². The topological polar surface area (TPSA) is 67.9 Å². The van der Waals surface area contributed by atoms with Crippen molar-refractivity contribution in [3.05, 3.63) is 59.2 Å². The first-order valence-electron chi connectivity index (χ1n) is 11.6. The molecule has 6 nitrogen and oxygen atoms in total. The number of amides is 2. The van der Waals surface area contributed by atoms with Crippen molar-refractivity contribution in [2.45, 2.75) is 64.1 Å². The van der Waals surface area contributed by atoms with E-state index in [0.29, 0.717) is 30.2 Å². The Bertz CT molecular complexity index is 968. The number of nitrogens with one attached hydrogen (secondary N) is 1. The van der Waals surface area contributed by atoms with E-state index in [9.17, 15) is 9.59 Å². The molecule has 32 heavy (non-hydrogen) atoms. The van der Waals surface area contributed by atoms with Crippen LogP contribution in [0.15, 0.2) is 42.5 Å². The van der Waals surface area contributed by atoms with Gasteiger partial charge in [-0.3, -0.25) is 9.59 Å². The Hall–Kier alpha value is -3.02. The molecule has 1 atom stereocenters. The molecule has 0 aromatic heterocycles. The van der Waals surface area contributed by atoms with Gasteiger partial charge in [0.1, 0.15) is 0 Å². The van der Waals surface area contributed by atoms with E-state index in [1.54, 1.807) is 12.0 Å². The van der Waals surface area contributed by atoms with E-state index >= 15 is 0 Å². The highest BCUT2D eigenvalue weighted by atomic mass is 16.5. The van der Waals surface area contributed by atoms with E-state index in [2.05, 4.69) is 5.32 Å². The van der Waals surface area contributed by atoms with E-state index in [-0.39, 0.29) is 30.3 Å². The number of hydrogen-bond donors (Lipinski definition) is 1. The van der Waals surface area contributed by atoms with Crippen molar-refractivity contribution in [1.82, 2.24) is 10.2 Å². The number of rotatable bonds is 8. The van der Waals surface area contributed by atoms with Crippen molar-refractivity contribution in [2.75, 3.05) is 13.7 Å². The number of nitrogens with zero attached hydrogens (tertiary/aromatic N) is 1. The Labute approximate surface area is 189 Å². The smallest absolute Gasteiger partial charge is 0.255 e. The van der Waals surface area contributed by atoms with Crippen molar-refractivity contribution < 1.29 is 19.1 Å². The molecular weight excluding hydrogens is 404 g/mol. The van der Waals surface area contributed by atoms with Crippen LogP contribution in [0, 0.1) is 0 Å². The first-order chi connectivity index (χ1) is 15.6. The molecule has 2 amide bonds. The zero-order valence-electron chi connectivity index (χ0n) is 18.9. The van der Waals surface area contributed by atoms with Crippen LogP contribution in [0.2, 0.25) is 0 Å².